The Morgan fingerprint density at radius 1 is 1.25 bits per heavy atom. The number of hydrogen-bond donors (Lipinski definition) is 1. The van der Waals surface area contributed by atoms with Crippen molar-refractivity contribution in [2.45, 2.75) is 26.8 Å². The van der Waals surface area contributed by atoms with Gasteiger partial charge in [0, 0.05) is 25.9 Å². The number of nitrogen functional groups attached to an aromatic ring is 1. The lowest BCUT2D eigenvalue weighted by Crippen LogP contribution is -2.08. The molecule has 7 heteroatoms. The molecule has 0 aliphatic heterocycles. The maximum absolute atomic E-state index is 6.08. The van der Waals surface area contributed by atoms with E-state index in [0.717, 1.165) is 34.5 Å². The summed E-state index contributed by atoms with van der Waals surface area (Å²) in [5, 5.41) is 8.86. The number of hydrogen-bond acceptors (Lipinski definition) is 4. The molecular formula is C13H19N7. The Morgan fingerprint density at radius 3 is 2.60 bits per heavy atom. The molecule has 0 aliphatic rings. The molecule has 0 unspecified atom stereocenters. The highest BCUT2D eigenvalue weighted by molar-refractivity contribution is 5.77. The molecule has 0 atom stereocenters. The summed E-state index contributed by atoms with van der Waals surface area (Å²) in [4.78, 5) is 4.47. The van der Waals surface area contributed by atoms with E-state index in [-0.39, 0.29) is 0 Å². The van der Waals surface area contributed by atoms with Gasteiger partial charge in [0.2, 0.25) is 5.95 Å². The van der Waals surface area contributed by atoms with E-state index in [0.29, 0.717) is 12.5 Å². The third-order valence-electron chi connectivity index (χ3n) is 3.60. The highest BCUT2D eigenvalue weighted by atomic mass is 15.3. The highest BCUT2D eigenvalue weighted by Gasteiger charge is 2.18. The molecule has 0 aromatic carbocycles. The fraction of sp³-hybridized carbons (Fsp3) is 0.462. The van der Waals surface area contributed by atoms with Crippen LogP contribution in [0.2, 0.25) is 0 Å². The van der Waals surface area contributed by atoms with Crippen LogP contribution in [0.3, 0.4) is 0 Å². The van der Waals surface area contributed by atoms with Crippen LogP contribution in [0.5, 0.6) is 0 Å². The molecule has 106 valence electrons. The van der Waals surface area contributed by atoms with Crippen molar-refractivity contribution in [2.75, 3.05) is 5.73 Å². The number of nitrogens with two attached hydrogens (primary N) is 1. The van der Waals surface area contributed by atoms with Gasteiger partial charge in [-0.25, -0.2) is 4.98 Å². The average molecular weight is 273 g/mol. The quantitative estimate of drug-likeness (QED) is 0.772. The lowest BCUT2D eigenvalue weighted by molar-refractivity contribution is 0.718. The van der Waals surface area contributed by atoms with E-state index in [1.807, 2.05) is 41.1 Å². The smallest absolute Gasteiger partial charge is 0.202 e. The summed E-state index contributed by atoms with van der Waals surface area (Å²) >= 11 is 0. The summed E-state index contributed by atoms with van der Waals surface area (Å²) in [6.07, 6.45) is 2.86. The van der Waals surface area contributed by atoms with Gasteiger partial charge >= 0.3 is 0 Å². The molecule has 3 aromatic heterocycles. The number of imidazole rings is 1. The summed E-state index contributed by atoms with van der Waals surface area (Å²) in [5.41, 5.74) is 11.1. The first kappa shape index (κ1) is 12.7. The molecule has 2 N–H and O–H groups in total. The molecular weight excluding hydrogens is 254 g/mol. The molecule has 0 saturated heterocycles. The molecule has 0 spiro atoms. The molecule has 0 bridgehead atoms. The van der Waals surface area contributed by atoms with Crippen LogP contribution in [0, 0.1) is 6.92 Å². The Balaban J connectivity index is 2.14. The zero-order valence-corrected chi connectivity index (χ0v) is 12.3. The van der Waals surface area contributed by atoms with E-state index in [1.165, 1.54) is 0 Å². The lowest BCUT2D eigenvalue weighted by Gasteiger charge is -2.05. The molecule has 0 aliphatic carbocycles. The van der Waals surface area contributed by atoms with Gasteiger partial charge in [0.05, 0.1) is 17.9 Å². The van der Waals surface area contributed by atoms with Crippen LogP contribution in [0.4, 0.5) is 5.95 Å². The monoisotopic (exact) mass is 273 g/mol. The Bertz CT molecular complexity index is 774. The van der Waals surface area contributed by atoms with Gasteiger partial charge in [-0.15, -0.1) is 0 Å². The van der Waals surface area contributed by atoms with Gasteiger partial charge in [-0.2, -0.15) is 10.2 Å². The highest BCUT2D eigenvalue weighted by Crippen LogP contribution is 2.23. The van der Waals surface area contributed by atoms with Crippen molar-refractivity contribution in [1.82, 2.24) is 29.1 Å². The van der Waals surface area contributed by atoms with Crippen molar-refractivity contribution in [1.29, 1.82) is 0 Å². The van der Waals surface area contributed by atoms with Crippen molar-refractivity contribution in [3.05, 3.63) is 23.1 Å². The number of fused-ring (bicyclic) bond motifs is 1. The summed E-state index contributed by atoms with van der Waals surface area (Å²) in [6.45, 7) is 4.73. The van der Waals surface area contributed by atoms with Crippen LogP contribution in [0.15, 0.2) is 6.20 Å². The molecule has 0 fully saturated rings. The van der Waals surface area contributed by atoms with Gasteiger partial charge in [0.25, 0.3) is 0 Å². The maximum atomic E-state index is 6.08. The molecule has 0 saturated carbocycles. The molecule has 0 amide bonds. The number of aromatic nitrogens is 6. The van der Waals surface area contributed by atoms with E-state index >= 15 is 0 Å². The fourth-order valence-electron chi connectivity index (χ4n) is 2.63. The Kier molecular flexibility index (Phi) is 2.77. The van der Waals surface area contributed by atoms with E-state index in [2.05, 4.69) is 22.1 Å². The minimum absolute atomic E-state index is 0.519. The summed E-state index contributed by atoms with van der Waals surface area (Å²) in [7, 11) is 3.85. The van der Waals surface area contributed by atoms with Gasteiger partial charge in [0.15, 0.2) is 5.65 Å². The van der Waals surface area contributed by atoms with Crippen molar-refractivity contribution in [3.63, 3.8) is 0 Å². The maximum Gasteiger partial charge on any atom is 0.202 e. The first-order valence-corrected chi connectivity index (χ1v) is 6.68. The zero-order valence-electron chi connectivity index (χ0n) is 12.3. The van der Waals surface area contributed by atoms with Crippen LogP contribution in [0.1, 0.15) is 23.9 Å². The van der Waals surface area contributed by atoms with Crippen LogP contribution < -0.4 is 5.73 Å². The van der Waals surface area contributed by atoms with Crippen LogP contribution in [-0.4, -0.2) is 29.1 Å². The first-order valence-electron chi connectivity index (χ1n) is 6.68. The largest absolute Gasteiger partial charge is 0.369 e. The number of nitrogens with zero attached hydrogens (tertiary/aromatic N) is 6. The SMILES string of the molecule is CCc1nn(C)c2c1nc(N)n2Cc1cn(C)nc1C. The minimum atomic E-state index is 0.519. The number of rotatable bonds is 3. The summed E-state index contributed by atoms with van der Waals surface area (Å²) < 4.78 is 5.66. The van der Waals surface area contributed by atoms with Crippen LogP contribution >= 0.6 is 0 Å². The van der Waals surface area contributed by atoms with Crippen molar-refractivity contribution >= 4 is 17.1 Å². The Hall–Kier alpha value is -2.31. The predicted octanol–water partition coefficient (Wildman–Crippen LogP) is 1.00. The van der Waals surface area contributed by atoms with Crippen molar-refractivity contribution in [2.24, 2.45) is 14.1 Å². The Morgan fingerprint density at radius 2 is 2.00 bits per heavy atom. The predicted molar refractivity (Wildman–Crippen MR) is 77.3 cm³/mol. The minimum Gasteiger partial charge on any atom is -0.369 e. The molecule has 7 nitrogen and oxygen atoms in total. The standard InChI is InChI=1S/C13H19N7/c1-5-10-11-12(19(4)17-10)20(13(14)15-11)7-9-6-18(3)16-8(9)2/h6H,5,7H2,1-4H3,(H2,14,15). The van der Waals surface area contributed by atoms with Crippen molar-refractivity contribution in [3.8, 4) is 0 Å². The van der Waals surface area contributed by atoms with E-state index in [9.17, 15) is 0 Å². The molecule has 3 rings (SSSR count). The molecule has 0 radical (unpaired) electrons. The lowest BCUT2D eigenvalue weighted by atomic mass is 10.2. The summed E-state index contributed by atoms with van der Waals surface area (Å²) in [6, 6.07) is 0. The van der Waals surface area contributed by atoms with E-state index in [1.54, 1.807) is 0 Å². The third kappa shape index (κ3) is 1.77. The second-order valence-electron chi connectivity index (χ2n) is 5.07. The second kappa shape index (κ2) is 4.36. The van der Waals surface area contributed by atoms with Gasteiger partial charge < -0.3 is 5.73 Å². The first-order chi connectivity index (χ1) is 9.51. The van der Waals surface area contributed by atoms with E-state index < -0.39 is 0 Å². The topological polar surface area (TPSA) is 79.5 Å². The van der Waals surface area contributed by atoms with E-state index in [4.69, 9.17) is 5.73 Å². The number of aryl methyl sites for hydroxylation is 4. The molecule has 20 heavy (non-hydrogen) atoms. The van der Waals surface area contributed by atoms with Gasteiger partial charge in [-0.05, 0) is 13.3 Å². The molecule has 3 aromatic rings. The van der Waals surface area contributed by atoms with Crippen LogP contribution in [-0.2, 0) is 27.1 Å². The molecule has 3 heterocycles. The third-order valence-corrected chi connectivity index (χ3v) is 3.60. The number of anilines is 1. The van der Waals surface area contributed by atoms with Crippen LogP contribution in [0.25, 0.3) is 11.2 Å². The normalized spacial score (nSPS) is 11.6. The average Bonchev–Trinajstić information content (AvgIpc) is 2.97. The Labute approximate surface area is 117 Å². The second-order valence-corrected chi connectivity index (χ2v) is 5.07. The van der Waals surface area contributed by atoms with Gasteiger partial charge in [-0.1, -0.05) is 6.92 Å². The fourth-order valence-corrected chi connectivity index (χ4v) is 2.63. The van der Waals surface area contributed by atoms with Gasteiger partial charge in [-0.3, -0.25) is 13.9 Å². The van der Waals surface area contributed by atoms with Gasteiger partial charge in [0.1, 0.15) is 5.52 Å². The van der Waals surface area contributed by atoms with Crippen molar-refractivity contribution < 1.29 is 0 Å². The summed E-state index contributed by atoms with van der Waals surface area (Å²) in [5.74, 6) is 0.519. The zero-order chi connectivity index (χ0) is 14.4.